The lowest BCUT2D eigenvalue weighted by Gasteiger charge is -2.37. The molecule has 1 aliphatic carbocycles. The molecule has 0 radical (unpaired) electrons. The molecule has 7 nitrogen and oxygen atoms in total. The molecule has 3 aromatic carbocycles. The first-order valence-corrected chi connectivity index (χ1v) is 13.3. The molecule has 7 heteroatoms. The predicted molar refractivity (Wildman–Crippen MR) is 155 cm³/mol. The largest absolute Gasteiger partial charge is 0.496 e. The molecule has 0 spiro atoms. The number of carbonyl (C=O) groups excluding carboxylic acids is 2. The molecule has 206 valence electrons. The van der Waals surface area contributed by atoms with E-state index in [1.807, 2.05) is 80.6 Å². The number of dihydropyridines is 1. The zero-order valence-electron chi connectivity index (χ0n) is 23.5. The van der Waals surface area contributed by atoms with Gasteiger partial charge in [0.15, 0.2) is 17.3 Å². The van der Waals surface area contributed by atoms with Gasteiger partial charge in [0.05, 0.1) is 27.2 Å². The number of hydrogen-bond acceptors (Lipinski definition) is 6. The molecule has 2 N–H and O–H groups in total. The third kappa shape index (κ3) is 4.95. The van der Waals surface area contributed by atoms with E-state index < -0.39 is 5.92 Å². The number of allylic oxidation sites excluding steroid dienone is 3. The minimum Gasteiger partial charge on any atom is -0.496 e. The maximum absolute atomic E-state index is 14.0. The lowest BCUT2D eigenvalue weighted by Crippen LogP contribution is -2.37. The van der Waals surface area contributed by atoms with Crippen LogP contribution in [0, 0.1) is 6.92 Å². The van der Waals surface area contributed by atoms with E-state index in [1.54, 1.807) is 21.3 Å². The van der Waals surface area contributed by atoms with Crippen LogP contribution in [0.1, 0.15) is 48.3 Å². The summed E-state index contributed by atoms with van der Waals surface area (Å²) in [7, 11) is 4.81. The average molecular weight is 539 g/mol. The van der Waals surface area contributed by atoms with Crippen molar-refractivity contribution in [2.24, 2.45) is 0 Å². The molecule has 3 aromatic rings. The standard InChI is InChI=1S/C33H34N2O5/c1-19-10-6-8-12-24(19)35-33(37)30-20(2)34-25-16-22(21-14-15-28(39-4)29(18-21)40-5)17-26(36)32(25)31(30)23-11-7-9-13-27(23)38-3/h6-15,18,22,31,34H,16-17H2,1-5H3,(H,35,37)/t22-,31+/m1/s1. The summed E-state index contributed by atoms with van der Waals surface area (Å²) in [6.07, 6.45) is 0.930. The van der Waals surface area contributed by atoms with E-state index in [1.165, 1.54) is 0 Å². The second-order valence-corrected chi connectivity index (χ2v) is 10.1. The number of amides is 1. The van der Waals surface area contributed by atoms with Gasteiger partial charge < -0.3 is 24.8 Å². The van der Waals surface area contributed by atoms with Crippen LogP contribution >= 0.6 is 0 Å². The normalized spacial score (nSPS) is 18.6. The Labute approximate surface area is 234 Å². The van der Waals surface area contributed by atoms with Crippen molar-refractivity contribution in [2.45, 2.75) is 38.5 Å². The molecule has 0 bridgehead atoms. The Hall–Kier alpha value is -4.52. The van der Waals surface area contributed by atoms with Gasteiger partial charge in [0.1, 0.15) is 5.75 Å². The van der Waals surface area contributed by atoms with Gasteiger partial charge in [-0.25, -0.2) is 0 Å². The van der Waals surface area contributed by atoms with Crippen molar-refractivity contribution >= 4 is 17.4 Å². The van der Waals surface area contributed by atoms with E-state index >= 15 is 0 Å². The molecule has 2 aliphatic rings. The van der Waals surface area contributed by atoms with Crippen molar-refractivity contribution in [1.82, 2.24) is 5.32 Å². The third-order valence-corrected chi connectivity index (χ3v) is 7.79. The van der Waals surface area contributed by atoms with Crippen LogP contribution in [0.25, 0.3) is 0 Å². The molecule has 1 heterocycles. The van der Waals surface area contributed by atoms with E-state index in [0.29, 0.717) is 46.9 Å². The number of ether oxygens (including phenoxy) is 3. The zero-order chi connectivity index (χ0) is 28.4. The Bertz CT molecular complexity index is 1540. The highest BCUT2D eigenvalue weighted by atomic mass is 16.5. The first-order valence-electron chi connectivity index (χ1n) is 13.3. The number of rotatable bonds is 7. The molecule has 5 rings (SSSR count). The number of anilines is 1. The fourth-order valence-corrected chi connectivity index (χ4v) is 5.80. The molecule has 1 aliphatic heterocycles. The Morgan fingerprint density at radius 1 is 0.850 bits per heavy atom. The number of hydrogen-bond donors (Lipinski definition) is 2. The van der Waals surface area contributed by atoms with E-state index in [2.05, 4.69) is 10.6 Å². The highest BCUT2D eigenvalue weighted by Gasteiger charge is 2.42. The lowest BCUT2D eigenvalue weighted by molar-refractivity contribution is -0.116. The van der Waals surface area contributed by atoms with Gasteiger partial charge in [-0.05, 0) is 61.6 Å². The first kappa shape index (κ1) is 27.1. The van der Waals surface area contributed by atoms with E-state index in [-0.39, 0.29) is 17.6 Å². The van der Waals surface area contributed by atoms with Crippen LogP contribution in [0.15, 0.2) is 89.3 Å². The van der Waals surface area contributed by atoms with Gasteiger partial charge in [0.2, 0.25) is 0 Å². The van der Waals surface area contributed by atoms with Gasteiger partial charge in [-0.2, -0.15) is 0 Å². The Balaban J connectivity index is 1.58. The lowest BCUT2D eigenvalue weighted by atomic mass is 9.71. The smallest absolute Gasteiger partial charge is 0.254 e. The van der Waals surface area contributed by atoms with Crippen LogP contribution in [-0.4, -0.2) is 33.0 Å². The van der Waals surface area contributed by atoms with Crippen LogP contribution in [0.2, 0.25) is 0 Å². The number of aryl methyl sites for hydroxylation is 1. The second kappa shape index (κ2) is 11.3. The molecule has 0 aromatic heterocycles. The minimum atomic E-state index is -0.574. The fourth-order valence-electron chi connectivity index (χ4n) is 5.80. The highest BCUT2D eigenvalue weighted by molar-refractivity contribution is 6.10. The molecule has 0 saturated heterocycles. The van der Waals surface area contributed by atoms with Gasteiger partial charge in [0, 0.05) is 40.2 Å². The molecule has 40 heavy (non-hydrogen) atoms. The summed E-state index contributed by atoms with van der Waals surface area (Å²) >= 11 is 0. The quantitative estimate of drug-likeness (QED) is 0.383. The fraction of sp³-hybridized carbons (Fsp3) is 0.273. The van der Waals surface area contributed by atoms with Crippen molar-refractivity contribution in [3.05, 3.63) is 106 Å². The number of methoxy groups -OCH3 is 3. The summed E-state index contributed by atoms with van der Waals surface area (Å²) in [4.78, 5) is 27.9. The minimum absolute atomic E-state index is 0.00173. The van der Waals surface area contributed by atoms with Gasteiger partial charge in [-0.15, -0.1) is 0 Å². The second-order valence-electron chi connectivity index (χ2n) is 10.1. The molecule has 0 unspecified atom stereocenters. The monoisotopic (exact) mass is 538 g/mol. The predicted octanol–water partition coefficient (Wildman–Crippen LogP) is 6.02. The van der Waals surface area contributed by atoms with E-state index in [9.17, 15) is 9.59 Å². The maximum Gasteiger partial charge on any atom is 0.254 e. The molecule has 0 saturated carbocycles. The van der Waals surface area contributed by atoms with Crippen molar-refractivity contribution in [3.8, 4) is 17.2 Å². The van der Waals surface area contributed by atoms with Gasteiger partial charge in [-0.3, -0.25) is 9.59 Å². The zero-order valence-corrected chi connectivity index (χ0v) is 23.5. The summed E-state index contributed by atoms with van der Waals surface area (Å²) in [5.41, 5.74) is 6.13. The van der Waals surface area contributed by atoms with E-state index in [4.69, 9.17) is 14.2 Å². The topological polar surface area (TPSA) is 85.9 Å². The number of ketones is 1. The molecule has 0 fully saturated rings. The number of carbonyl (C=O) groups is 2. The van der Waals surface area contributed by atoms with Gasteiger partial charge in [0.25, 0.3) is 5.91 Å². The maximum atomic E-state index is 14.0. The Morgan fingerprint density at radius 3 is 2.27 bits per heavy atom. The van der Waals surface area contributed by atoms with Crippen LogP contribution in [-0.2, 0) is 9.59 Å². The van der Waals surface area contributed by atoms with Crippen molar-refractivity contribution in [3.63, 3.8) is 0 Å². The number of Topliss-reactive ketones (excluding diaryl/α,β-unsaturated/α-hetero) is 1. The summed E-state index contributed by atoms with van der Waals surface area (Å²) in [6.45, 7) is 3.84. The van der Waals surface area contributed by atoms with Crippen LogP contribution < -0.4 is 24.8 Å². The van der Waals surface area contributed by atoms with E-state index in [0.717, 1.165) is 28.1 Å². The summed E-state index contributed by atoms with van der Waals surface area (Å²) in [5.74, 6) is 1.02. The Morgan fingerprint density at radius 2 is 1.55 bits per heavy atom. The Kier molecular flexibility index (Phi) is 7.65. The number of para-hydroxylation sites is 2. The third-order valence-electron chi connectivity index (χ3n) is 7.79. The van der Waals surface area contributed by atoms with Crippen LogP contribution in [0.4, 0.5) is 5.69 Å². The van der Waals surface area contributed by atoms with Crippen molar-refractivity contribution in [2.75, 3.05) is 26.6 Å². The number of nitrogens with one attached hydrogen (secondary N) is 2. The van der Waals surface area contributed by atoms with Crippen molar-refractivity contribution in [1.29, 1.82) is 0 Å². The van der Waals surface area contributed by atoms with Crippen molar-refractivity contribution < 1.29 is 23.8 Å². The molecular weight excluding hydrogens is 504 g/mol. The summed E-state index contributed by atoms with van der Waals surface area (Å²) < 4.78 is 16.6. The summed E-state index contributed by atoms with van der Waals surface area (Å²) in [6, 6.07) is 21.0. The average Bonchev–Trinajstić information content (AvgIpc) is 2.96. The van der Waals surface area contributed by atoms with Gasteiger partial charge >= 0.3 is 0 Å². The van der Waals surface area contributed by atoms with Crippen LogP contribution in [0.3, 0.4) is 0 Å². The SMILES string of the molecule is COc1ccc([C@H]2CC(=O)C3=C(C2)NC(C)=C(C(=O)Nc2ccccc2C)[C@@H]3c2ccccc2OC)cc1OC. The van der Waals surface area contributed by atoms with Gasteiger partial charge in [-0.1, -0.05) is 42.5 Å². The molecular formula is C33H34N2O5. The number of benzene rings is 3. The molecule has 1 amide bonds. The molecule has 2 atom stereocenters. The van der Waals surface area contributed by atoms with Crippen LogP contribution in [0.5, 0.6) is 17.2 Å². The summed E-state index contributed by atoms with van der Waals surface area (Å²) in [5, 5.41) is 6.53. The first-order chi connectivity index (χ1) is 19.4. The highest BCUT2D eigenvalue weighted by Crippen LogP contribution is 2.48.